The molecular weight excluding hydrogens is 716 g/mol. The Morgan fingerprint density at radius 3 is 2.35 bits per heavy atom. The fourth-order valence-corrected chi connectivity index (χ4v) is 7.90. The minimum atomic E-state index is -1.55. The zero-order chi connectivity index (χ0) is 37.9. The molecule has 11 atom stereocenters. The molecule has 6 aliphatic rings. The van der Waals surface area contributed by atoms with Gasteiger partial charge in [-0.3, -0.25) is 4.79 Å². The summed E-state index contributed by atoms with van der Waals surface area (Å²) >= 11 is 0. The molecule has 5 heterocycles. The molecule has 2 aromatic carbocycles. The maximum absolute atomic E-state index is 13.7. The van der Waals surface area contributed by atoms with Gasteiger partial charge in [0.25, 0.3) is 0 Å². The van der Waals surface area contributed by atoms with Gasteiger partial charge in [-0.25, -0.2) is 4.79 Å². The van der Waals surface area contributed by atoms with Crippen LogP contribution in [0.1, 0.15) is 42.6 Å². The number of benzene rings is 2. The van der Waals surface area contributed by atoms with Gasteiger partial charge in [0.2, 0.25) is 18.8 Å². The molecule has 0 spiro atoms. The molecule has 17 heteroatoms. The number of rotatable bonds is 8. The van der Waals surface area contributed by atoms with Crippen LogP contribution in [0.15, 0.2) is 24.3 Å². The van der Waals surface area contributed by atoms with Crippen LogP contribution in [0.4, 0.5) is 4.79 Å². The Morgan fingerprint density at radius 1 is 0.963 bits per heavy atom. The van der Waals surface area contributed by atoms with E-state index in [1.165, 1.54) is 14.2 Å². The predicted molar refractivity (Wildman–Crippen MR) is 177 cm³/mol. The quantitative estimate of drug-likeness (QED) is 0.225. The van der Waals surface area contributed by atoms with Gasteiger partial charge in [-0.2, -0.15) is 0 Å². The van der Waals surface area contributed by atoms with Gasteiger partial charge in [0.05, 0.1) is 46.1 Å². The third-order valence-corrected chi connectivity index (χ3v) is 10.4. The van der Waals surface area contributed by atoms with Gasteiger partial charge in [0.15, 0.2) is 35.1 Å². The van der Waals surface area contributed by atoms with E-state index in [2.05, 4.69) is 5.92 Å². The highest BCUT2D eigenvalue weighted by molar-refractivity contribution is 5.79. The number of hydrogen-bond acceptors (Lipinski definition) is 17. The number of aliphatic hydroxyl groups is 2. The first-order valence-corrected chi connectivity index (χ1v) is 17.4. The van der Waals surface area contributed by atoms with Crippen molar-refractivity contribution < 1.29 is 81.4 Å². The van der Waals surface area contributed by atoms with Crippen molar-refractivity contribution >= 4 is 12.1 Å². The van der Waals surface area contributed by atoms with Crippen molar-refractivity contribution in [1.82, 2.24) is 0 Å². The molecule has 0 radical (unpaired) electrons. The Bertz CT molecular complexity index is 1790. The van der Waals surface area contributed by atoms with Crippen molar-refractivity contribution in [3.63, 3.8) is 0 Å². The average Bonchev–Trinajstić information content (AvgIpc) is 3.89. The van der Waals surface area contributed by atoms with E-state index in [1.807, 2.05) is 0 Å². The van der Waals surface area contributed by atoms with Crippen molar-refractivity contribution in [3.8, 4) is 41.1 Å². The van der Waals surface area contributed by atoms with Crippen molar-refractivity contribution in [2.45, 2.75) is 74.8 Å². The lowest BCUT2D eigenvalue weighted by Gasteiger charge is -2.47. The van der Waals surface area contributed by atoms with Crippen LogP contribution in [-0.4, -0.2) is 119 Å². The fourth-order valence-electron chi connectivity index (χ4n) is 7.90. The summed E-state index contributed by atoms with van der Waals surface area (Å²) in [5.41, 5.74) is 1.78. The molecule has 2 N–H and O–H groups in total. The lowest BCUT2D eigenvalue weighted by molar-refractivity contribution is -0.359. The largest absolute Gasteiger partial charge is 0.514 e. The van der Waals surface area contributed by atoms with E-state index >= 15 is 0 Å². The minimum absolute atomic E-state index is 0.0117. The third kappa shape index (κ3) is 6.56. The molecule has 0 amide bonds. The Morgan fingerprint density at radius 2 is 1.69 bits per heavy atom. The molecule has 5 aliphatic heterocycles. The average molecular weight is 757 g/mol. The molecule has 1 aliphatic carbocycles. The van der Waals surface area contributed by atoms with E-state index in [9.17, 15) is 19.8 Å². The molecule has 8 rings (SSSR count). The number of cyclic esters (lactones) is 1. The van der Waals surface area contributed by atoms with E-state index in [-0.39, 0.29) is 50.5 Å². The lowest BCUT2D eigenvalue weighted by Crippen LogP contribution is -2.63. The van der Waals surface area contributed by atoms with Crippen LogP contribution in [0, 0.1) is 24.2 Å². The van der Waals surface area contributed by atoms with Gasteiger partial charge in [0, 0.05) is 11.8 Å². The molecule has 4 saturated heterocycles. The summed E-state index contributed by atoms with van der Waals surface area (Å²) in [6.07, 6.45) is -4.05. The Kier molecular flexibility index (Phi) is 9.73. The smallest absolute Gasteiger partial charge is 0.493 e. The van der Waals surface area contributed by atoms with Crippen LogP contribution in [0.3, 0.4) is 0 Å². The van der Waals surface area contributed by atoms with Gasteiger partial charge < -0.3 is 71.8 Å². The van der Waals surface area contributed by atoms with E-state index < -0.39 is 84.9 Å². The van der Waals surface area contributed by atoms with E-state index in [1.54, 1.807) is 38.1 Å². The number of aliphatic hydroxyl groups excluding tert-OH is 2. The van der Waals surface area contributed by atoms with Crippen molar-refractivity contribution in [2.24, 2.45) is 11.8 Å². The summed E-state index contributed by atoms with van der Waals surface area (Å²) in [4.78, 5) is 26.6. The summed E-state index contributed by atoms with van der Waals surface area (Å²) in [5.74, 6) is -0.00474. The monoisotopic (exact) mass is 756 g/mol. The Balaban J connectivity index is 1.12. The maximum atomic E-state index is 13.7. The summed E-state index contributed by atoms with van der Waals surface area (Å²) < 4.78 is 74.3. The zero-order valence-electron chi connectivity index (χ0n) is 29.8. The molecule has 0 saturated carbocycles. The fraction of sp³-hybridized carbons (Fsp3) is 0.568. The molecule has 54 heavy (non-hydrogen) atoms. The van der Waals surface area contributed by atoms with Crippen molar-refractivity contribution in [1.29, 1.82) is 0 Å². The predicted octanol–water partition coefficient (Wildman–Crippen LogP) is 1.91. The highest BCUT2D eigenvalue weighted by Gasteiger charge is 2.56. The van der Waals surface area contributed by atoms with Crippen LogP contribution in [0.25, 0.3) is 0 Å². The van der Waals surface area contributed by atoms with Crippen molar-refractivity contribution in [2.75, 3.05) is 47.4 Å². The van der Waals surface area contributed by atoms with Crippen LogP contribution in [-0.2, 0) is 42.7 Å². The summed E-state index contributed by atoms with van der Waals surface area (Å²) in [6.45, 7) is 3.60. The van der Waals surface area contributed by atoms with E-state index in [4.69, 9.17) is 68.0 Å². The lowest BCUT2D eigenvalue weighted by atomic mass is 9.66. The number of esters is 1. The molecular formula is C37H40O17. The standard InChI is InChI=1S/C37H40O17/c1-6-26-44-14-25-33(51-26)29(38)30(39)35(50-25)52-31-19-10-22-21(47-15-48-22)9-18(19)27(28-20(31)13-45-34(28)40)16-7-23(42-4)32(24(8-16)43-5)53-36(41)46-11-17-12-49-37(2,3)54-17/h1,7-10,17,20,25-31,33,35,38-39H,11-15H2,2-5H3/t17?,20-,25+,26+,27+,28-,29-,30+,31+,33+,35-/m0/s1. The van der Waals surface area contributed by atoms with Gasteiger partial charge in [-0.15, -0.1) is 6.42 Å². The zero-order valence-corrected chi connectivity index (χ0v) is 29.8. The second kappa shape index (κ2) is 14.4. The first-order chi connectivity index (χ1) is 26.0. The van der Waals surface area contributed by atoms with Gasteiger partial charge in [-0.1, -0.05) is 0 Å². The molecule has 0 bridgehead atoms. The number of ether oxygens (including phenoxy) is 13. The molecule has 17 nitrogen and oxygen atoms in total. The van der Waals surface area contributed by atoms with Crippen LogP contribution < -0.4 is 23.7 Å². The van der Waals surface area contributed by atoms with Gasteiger partial charge in [-0.05, 0) is 60.7 Å². The Hall–Kier alpha value is -4.38. The van der Waals surface area contributed by atoms with Crippen LogP contribution >= 0.6 is 0 Å². The highest BCUT2D eigenvalue weighted by atomic mass is 16.8. The first-order valence-electron chi connectivity index (χ1n) is 17.4. The summed E-state index contributed by atoms with van der Waals surface area (Å²) in [5, 5.41) is 22.3. The molecule has 4 fully saturated rings. The van der Waals surface area contributed by atoms with E-state index in [0.29, 0.717) is 28.2 Å². The normalized spacial score (nSPS) is 34.5. The van der Waals surface area contributed by atoms with E-state index in [0.717, 1.165) is 0 Å². The third-order valence-electron chi connectivity index (χ3n) is 10.4. The summed E-state index contributed by atoms with van der Waals surface area (Å²) in [6, 6.07) is 6.81. The molecule has 1 unspecified atom stereocenters. The number of carbonyl (C=O) groups is 2. The van der Waals surface area contributed by atoms with Gasteiger partial charge >= 0.3 is 12.1 Å². The van der Waals surface area contributed by atoms with Gasteiger partial charge in [0.1, 0.15) is 37.1 Å². The molecule has 290 valence electrons. The Labute approximate surface area is 309 Å². The first kappa shape index (κ1) is 36.6. The topological polar surface area (TPSA) is 195 Å². The second-order valence-corrected chi connectivity index (χ2v) is 14.0. The summed E-state index contributed by atoms with van der Waals surface area (Å²) in [7, 11) is 2.80. The minimum Gasteiger partial charge on any atom is -0.493 e. The number of carbonyl (C=O) groups excluding carboxylic acids is 2. The molecule has 2 aromatic rings. The maximum Gasteiger partial charge on any atom is 0.514 e. The van der Waals surface area contributed by atoms with Crippen molar-refractivity contribution in [3.05, 3.63) is 41.0 Å². The number of terminal acetylenes is 1. The van der Waals surface area contributed by atoms with Crippen LogP contribution in [0.5, 0.6) is 28.7 Å². The number of fused-ring (bicyclic) bond motifs is 4. The second-order valence-electron chi connectivity index (χ2n) is 14.0. The number of methoxy groups -OCH3 is 2. The number of hydrogen-bond donors (Lipinski definition) is 2. The highest BCUT2D eigenvalue weighted by Crippen LogP contribution is 2.57. The van der Waals surface area contributed by atoms with Crippen LogP contribution in [0.2, 0.25) is 0 Å². The molecule has 0 aromatic heterocycles. The SMILES string of the molecule is C#C[C@@H]1OC[C@H]2O[C@@H](O[C@@H]3c4cc5c(cc4[C@@H](c4cc(OC)c(OC(=O)OCC6COC(C)(C)O6)c(OC)c4)[C@H]4C(=O)OC[C@@H]43)OCO5)[C@H](O)[C@H](O)[C@@H]2O1.